The Balaban J connectivity index is 1.99. The first-order chi connectivity index (χ1) is 8.58. The average molecular weight is 273 g/mol. The van der Waals surface area contributed by atoms with E-state index in [9.17, 15) is 4.79 Å². The quantitative estimate of drug-likeness (QED) is 0.824. The smallest absolute Gasteiger partial charge is 0.229 e. The molecular formula is C12H17ClN2O3. The van der Waals surface area contributed by atoms with Crippen LogP contribution in [0.4, 0.5) is 0 Å². The molecule has 1 fully saturated rings. The molecule has 1 amide bonds. The molecule has 1 unspecified atom stereocenters. The van der Waals surface area contributed by atoms with E-state index >= 15 is 0 Å². The molecule has 0 saturated carbocycles. The SMILES string of the molecule is Cc1noc(Cl)c1CC(=O)N1CCOC(C)CC1. The lowest BCUT2D eigenvalue weighted by molar-refractivity contribution is -0.130. The number of rotatable bonds is 2. The number of halogens is 1. The van der Waals surface area contributed by atoms with E-state index in [1.54, 1.807) is 6.92 Å². The van der Waals surface area contributed by atoms with Crippen LogP contribution in [0.2, 0.25) is 5.22 Å². The Kier molecular flexibility index (Phi) is 4.24. The second-order valence-electron chi connectivity index (χ2n) is 4.55. The van der Waals surface area contributed by atoms with Crippen molar-refractivity contribution in [1.82, 2.24) is 10.1 Å². The molecule has 1 saturated heterocycles. The molecule has 0 bridgehead atoms. The molecule has 2 rings (SSSR count). The highest BCUT2D eigenvalue weighted by atomic mass is 35.5. The summed E-state index contributed by atoms with van der Waals surface area (Å²) in [6, 6.07) is 0. The van der Waals surface area contributed by atoms with E-state index in [4.69, 9.17) is 20.9 Å². The maximum atomic E-state index is 12.2. The Bertz CT molecular complexity index is 413. The largest absolute Gasteiger partial charge is 0.377 e. The monoisotopic (exact) mass is 272 g/mol. The second-order valence-corrected chi connectivity index (χ2v) is 4.89. The number of nitrogens with zero attached hydrogens (tertiary/aromatic N) is 2. The van der Waals surface area contributed by atoms with Crippen LogP contribution in [0.15, 0.2) is 4.52 Å². The number of carbonyl (C=O) groups is 1. The van der Waals surface area contributed by atoms with Crippen molar-refractivity contribution in [2.75, 3.05) is 19.7 Å². The van der Waals surface area contributed by atoms with Crippen molar-refractivity contribution in [3.8, 4) is 0 Å². The molecule has 18 heavy (non-hydrogen) atoms. The standard InChI is InChI=1S/C12H17ClN2O3/c1-8-3-4-15(5-6-17-8)11(16)7-10-9(2)14-18-12(10)13/h8H,3-7H2,1-2H3. The fourth-order valence-corrected chi connectivity index (χ4v) is 2.21. The summed E-state index contributed by atoms with van der Waals surface area (Å²) >= 11 is 5.86. The molecule has 0 N–H and O–H groups in total. The molecule has 6 heteroatoms. The van der Waals surface area contributed by atoms with Crippen LogP contribution < -0.4 is 0 Å². The predicted molar refractivity (Wildman–Crippen MR) is 66.6 cm³/mol. The van der Waals surface area contributed by atoms with Gasteiger partial charge in [0.25, 0.3) is 0 Å². The first kappa shape index (κ1) is 13.4. The van der Waals surface area contributed by atoms with E-state index in [1.807, 2.05) is 11.8 Å². The zero-order valence-corrected chi connectivity index (χ0v) is 11.4. The zero-order valence-electron chi connectivity index (χ0n) is 10.6. The molecule has 0 spiro atoms. The minimum atomic E-state index is 0.0425. The summed E-state index contributed by atoms with van der Waals surface area (Å²) in [6.07, 6.45) is 1.31. The summed E-state index contributed by atoms with van der Waals surface area (Å²) in [5.41, 5.74) is 1.35. The van der Waals surface area contributed by atoms with E-state index < -0.39 is 0 Å². The number of amides is 1. The van der Waals surface area contributed by atoms with Gasteiger partial charge in [-0.15, -0.1) is 0 Å². The van der Waals surface area contributed by atoms with E-state index in [2.05, 4.69) is 5.16 Å². The first-order valence-electron chi connectivity index (χ1n) is 6.08. The van der Waals surface area contributed by atoms with Gasteiger partial charge in [-0.1, -0.05) is 5.16 Å². The maximum Gasteiger partial charge on any atom is 0.229 e. The van der Waals surface area contributed by atoms with Crippen LogP contribution in [-0.2, 0) is 16.0 Å². The van der Waals surface area contributed by atoms with E-state index in [1.165, 1.54) is 0 Å². The van der Waals surface area contributed by atoms with Crippen molar-refractivity contribution in [2.24, 2.45) is 0 Å². The number of hydrogen-bond donors (Lipinski definition) is 0. The third-order valence-electron chi connectivity index (χ3n) is 3.19. The number of hydrogen-bond acceptors (Lipinski definition) is 4. The van der Waals surface area contributed by atoms with E-state index in [0.29, 0.717) is 24.4 Å². The molecule has 1 aliphatic rings. The highest BCUT2D eigenvalue weighted by Crippen LogP contribution is 2.20. The maximum absolute atomic E-state index is 12.2. The fraction of sp³-hybridized carbons (Fsp3) is 0.667. The van der Waals surface area contributed by atoms with Crippen molar-refractivity contribution in [3.63, 3.8) is 0 Å². The summed E-state index contributed by atoms with van der Waals surface area (Å²) in [4.78, 5) is 14.0. The molecule has 1 aliphatic heterocycles. The molecule has 1 aromatic heterocycles. The van der Waals surface area contributed by atoms with Crippen LogP contribution in [0.25, 0.3) is 0 Å². The van der Waals surface area contributed by atoms with Gasteiger partial charge in [-0.2, -0.15) is 0 Å². The Morgan fingerprint density at radius 2 is 2.33 bits per heavy atom. The normalized spacial score (nSPS) is 20.8. The van der Waals surface area contributed by atoms with Gasteiger partial charge in [-0.3, -0.25) is 4.79 Å². The molecule has 5 nitrogen and oxygen atoms in total. The Hall–Kier alpha value is -1.07. The van der Waals surface area contributed by atoms with Gasteiger partial charge < -0.3 is 14.2 Å². The lowest BCUT2D eigenvalue weighted by Gasteiger charge is -2.19. The summed E-state index contributed by atoms with van der Waals surface area (Å²) in [5.74, 6) is 0.0425. The van der Waals surface area contributed by atoms with Crippen molar-refractivity contribution >= 4 is 17.5 Å². The van der Waals surface area contributed by atoms with Crippen LogP contribution in [0.5, 0.6) is 0 Å². The van der Waals surface area contributed by atoms with E-state index in [0.717, 1.165) is 13.0 Å². The zero-order chi connectivity index (χ0) is 13.1. The lowest BCUT2D eigenvalue weighted by atomic mass is 10.1. The highest BCUT2D eigenvalue weighted by Gasteiger charge is 2.22. The average Bonchev–Trinajstić information content (AvgIpc) is 2.56. The summed E-state index contributed by atoms with van der Waals surface area (Å²) < 4.78 is 10.4. The van der Waals surface area contributed by atoms with Crippen LogP contribution in [0.1, 0.15) is 24.6 Å². The number of aromatic nitrogens is 1. The third-order valence-corrected chi connectivity index (χ3v) is 3.48. The lowest BCUT2D eigenvalue weighted by Crippen LogP contribution is -2.34. The Morgan fingerprint density at radius 3 is 3.00 bits per heavy atom. The second kappa shape index (κ2) is 5.71. The predicted octanol–water partition coefficient (Wildman–Crippen LogP) is 1.82. The molecule has 2 heterocycles. The van der Waals surface area contributed by atoms with Gasteiger partial charge in [0.05, 0.1) is 24.8 Å². The summed E-state index contributed by atoms with van der Waals surface area (Å²) in [7, 11) is 0. The topological polar surface area (TPSA) is 55.6 Å². The molecule has 1 atom stereocenters. The molecule has 0 radical (unpaired) electrons. The first-order valence-corrected chi connectivity index (χ1v) is 6.45. The van der Waals surface area contributed by atoms with Gasteiger partial charge in [0.2, 0.25) is 11.1 Å². The van der Waals surface area contributed by atoms with Gasteiger partial charge in [0, 0.05) is 18.7 Å². The van der Waals surface area contributed by atoms with E-state index in [-0.39, 0.29) is 23.7 Å². The van der Waals surface area contributed by atoms with Crippen molar-refractivity contribution in [1.29, 1.82) is 0 Å². The molecule has 0 aromatic carbocycles. The molecule has 100 valence electrons. The van der Waals surface area contributed by atoms with Crippen LogP contribution in [0, 0.1) is 6.92 Å². The van der Waals surface area contributed by atoms with Crippen LogP contribution in [0.3, 0.4) is 0 Å². The van der Waals surface area contributed by atoms with Crippen molar-refractivity contribution in [2.45, 2.75) is 32.8 Å². The third kappa shape index (κ3) is 3.03. The summed E-state index contributed by atoms with van der Waals surface area (Å²) in [5, 5.41) is 3.95. The van der Waals surface area contributed by atoms with Gasteiger partial charge in [-0.25, -0.2) is 0 Å². The van der Waals surface area contributed by atoms with Gasteiger partial charge in [0.15, 0.2) is 0 Å². The molecule has 0 aliphatic carbocycles. The van der Waals surface area contributed by atoms with Crippen LogP contribution in [-0.4, -0.2) is 41.8 Å². The van der Waals surface area contributed by atoms with Crippen molar-refractivity contribution in [3.05, 3.63) is 16.5 Å². The highest BCUT2D eigenvalue weighted by molar-refractivity contribution is 6.29. The fourth-order valence-electron chi connectivity index (χ4n) is 1.97. The summed E-state index contributed by atoms with van der Waals surface area (Å²) in [6.45, 7) is 5.75. The number of ether oxygens (including phenoxy) is 1. The Labute approximate surface area is 111 Å². The van der Waals surface area contributed by atoms with Crippen molar-refractivity contribution < 1.29 is 14.1 Å². The minimum absolute atomic E-state index is 0.0425. The number of aryl methyl sites for hydroxylation is 1. The molecular weight excluding hydrogens is 256 g/mol. The number of carbonyl (C=O) groups excluding carboxylic acids is 1. The molecule has 1 aromatic rings. The van der Waals surface area contributed by atoms with Gasteiger partial charge >= 0.3 is 0 Å². The van der Waals surface area contributed by atoms with Gasteiger partial charge in [-0.05, 0) is 31.9 Å². The Morgan fingerprint density at radius 1 is 1.56 bits per heavy atom. The minimum Gasteiger partial charge on any atom is -0.377 e. The van der Waals surface area contributed by atoms with Gasteiger partial charge in [0.1, 0.15) is 0 Å². The van der Waals surface area contributed by atoms with Crippen LogP contribution >= 0.6 is 11.6 Å².